The number of aryl methyl sites for hydroxylation is 1. The van der Waals surface area contributed by atoms with Gasteiger partial charge in [0.05, 0.1) is 6.10 Å². The lowest BCUT2D eigenvalue weighted by atomic mass is 10.1. The molecule has 138 valence electrons. The molecule has 0 spiro atoms. The van der Waals surface area contributed by atoms with E-state index in [1.165, 1.54) is 6.92 Å². The van der Waals surface area contributed by atoms with E-state index in [9.17, 15) is 9.59 Å². The quantitative estimate of drug-likeness (QED) is 0.827. The average molecular weight is 354 g/mol. The molecule has 5 nitrogen and oxygen atoms in total. The average Bonchev–Trinajstić information content (AvgIpc) is 2.59. The number of anilines is 1. The van der Waals surface area contributed by atoms with E-state index in [-0.39, 0.29) is 17.9 Å². The number of nitrogens with one attached hydrogen (secondary N) is 1. The molecule has 2 aromatic rings. The Bertz CT molecular complexity index is 737. The van der Waals surface area contributed by atoms with Crippen LogP contribution in [-0.4, -0.2) is 31.0 Å². The largest absolute Gasteiger partial charge is 0.491 e. The summed E-state index contributed by atoms with van der Waals surface area (Å²) in [6.07, 6.45) is 0.0988. The van der Waals surface area contributed by atoms with Crippen LogP contribution in [0.25, 0.3) is 0 Å². The molecule has 0 heterocycles. The topological polar surface area (TPSA) is 58.6 Å². The van der Waals surface area contributed by atoms with E-state index in [0.717, 1.165) is 17.0 Å². The summed E-state index contributed by atoms with van der Waals surface area (Å²) in [4.78, 5) is 25.8. The Kier molecular flexibility index (Phi) is 6.78. The van der Waals surface area contributed by atoms with Gasteiger partial charge in [0, 0.05) is 31.3 Å². The maximum atomic E-state index is 12.2. The van der Waals surface area contributed by atoms with E-state index in [0.29, 0.717) is 18.7 Å². The molecule has 0 saturated carbocycles. The third kappa shape index (κ3) is 5.62. The smallest absolute Gasteiger partial charge is 0.251 e. The van der Waals surface area contributed by atoms with E-state index in [1.54, 1.807) is 17.0 Å². The molecule has 2 aromatic carbocycles. The first-order chi connectivity index (χ1) is 12.4. The van der Waals surface area contributed by atoms with E-state index in [2.05, 4.69) is 5.32 Å². The van der Waals surface area contributed by atoms with Gasteiger partial charge in [0.25, 0.3) is 5.91 Å². The van der Waals surface area contributed by atoms with Gasteiger partial charge in [-0.25, -0.2) is 0 Å². The molecule has 0 aliphatic carbocycles. The Hall–Kier alpha value is -2.82. The third-order valence-electron chi connectivity index (χ3n) is 3.84. The molecule has 2 amide bonds. The van der Waals surface area contributed by atoms with Crippen LogP contribution >= 0.6 is 0 Å². The summed E-state index contributed by atoms with van der Waals surface area (Å²) in [5, 5.41) is 2.85. The maximum absolute atomic E-state index is 12.2. The summed E-state index contributed by atoms with van der Waals surface area (Å²) in [5.74, 6) is 0.543. The number of hydrogen-bond donors (Lipinski definition) is 1. The SMILES string of the molecule is CC(=O)N(CCNC(=O)c1ccc(C)cc1)c1ccc(OC(C)C)cc1. The fourth-order valence-corrected chi connectivity index (χ4v) is 2.53. The maximum Gasteiger partial charge on any atom is 0.251 e. The predicted molar refractivity (Wildman–Crippen MR) is 104 cm³/mol. The van der Waals surface area contributed by atoms with Crippen LogP contribution in [0, 0.1) is 6.92 Å². The van der Waals surface area contributed by atoms with Gasteiger partial charge in [0.2, 0.25) is 5.91 Å². The molecule has 1 N–H and O–H groups in total. The first-order valence-corrected chi connectivity index (χ1v) is 8.76. The van der Waals surface area contributed by atoms with Crippen molar-refractivity contribution in [2.45, 2.75) is 33.8 Å². The Morgan fingerprint density at radius 2 is 1.65 bits per heavy atom. The van der Waals surface area contributed by atoms with E-state index >= 15 is 0 Å². The molecule has 0 aliphatic heterocycles. The van der Waals surface area contributed by atoms with Gasteiger partial charge in [0.1, 0.15) is 5.75 Å². The Labute approximate surface area is 155 Å². The predicted octanol–water partition coefficient (Wildman–Crippen LogP) is 3.57. The highest BCUT2D eigenvalue weighted by Gasteiger charge is 2.12. The van der Waals surface area contributed by atoms with Gasteiger partial charge in [-0.2, -0.15) is 0 Å². The van der Waals surface area contributed by atoms with Crippen LogP contribution in [0.2, 0.25) is 0 Å². The molecule has 2 rings (SSSR count). The lowest BCUT2D eigenvalue weighted by Crippen LogP contribution is -2.37. The van der Waals surface area contributed by atoms with Crippen molar-refractivity contribution in [3.05, 3.63) is 59.7 Å². The second-order valence-electron chi connectivity index (χ2n) is 6.45. The van der Waals surface area contributed by atoms with Crippen molar-refractivity contribution in [2.24, 2.45) is 0 Å². The molecule has 0 fully saturated rings. The number of benzene rings is 2. The highest BCUT2D eigenvalue weighted by atomic mass is 16.5. The number of carbonyl (C=O) groups excluding carboxylic acids is 2. The number of ether oxygens (including phenoxy) is 1. The van der Waals surface area contributed by atoms with Gasteiger partial charge in [-0.1, -0.05) is 17.7 Å². The minimum absolute atomic E-state index is 0.0767. The van der Waals surface area contributed by atoms with Gasteiger partial charge in [-0.3, -0.25) is 9.59 Å². The Balaban J connectivity index is 1.94. The van der Waals surface area contributed by atoms with Crippen molar-refractivity contribution in [3.8, 4) is 5.75 Å². The molecule has 0 aliphatic rings. The number of nitrogens with zero attached hydrogens (tertiary/aromatic N) is 1. The zero-order valence-electron chi connectivity index (χ0n) is 15.8. The lowest BCUT2D eigenvalue weighted by molar-refractivity contribution is -0.116. The molecule has 0 saturated heterocycles. The van der Waals surface area contributed by atoms with Crippen molar-refractivity contribution >= 4 is 17.5 Å². The van der Waals surface area contributed by atoms with Crippen LogP contribution in [0.5, 0.6) is 5.75 Å². The van der Waals surface area contributed by atoms with Crippen molar-refractivity contribution in [1.82, 2.24) is 5.32 Å². The highest BCUT2D eigenvalue weighted by Crippen LogP contribution is 2.20. The van der Waals surface area contributed by atoms with Crippen LogP contribution in [-0.2, 0) is 4.79 Å². The van der Waals surface area contributed by atoms with Crippen molar-refractivity contribution in [1.29, 1.82) is 0 Å². The van der Waals surface area contributed by atoms with Crippen molar-refractivity contribution in [3.63, 3.8) is 0 Å². The molecule has 0 radical (unpaired) electrons. The van der Waals surface area contributed by atoms with Gasteiger partial charge in [-0.15, -0.1) is 0 Å². The van der Waals surface area contributed by atoms with E-state index in [4.69, 9.17) is 4.74 Å². The number of amides is 2. The number of rotatable bonds is 7. The standard InChI is InChI=1S/C21H26N2O3/c1-15(2)26-20-11-9-19(10-12-20)23(17(4)24)14-13-22-21(25)18-7-5-16(3)6-8-18/h5-12,15H,13-14H2,1-4H3,(H,22,25). The third-order valence-corrected chi connectivity index (χ3v) is 3.84. The van der Waals surface area contributed by atoms with Crippen LogP contribution in [0.1, 0.15) is 36.7 Å². The van der Waals surface area contributed by atoms with Crippen LogP contribution < -0.4 is 15.0 Å². The van der Waals surface area contributed by atoms with E-state index in [1.807, 2.05) is 57.2 Å². The molecule has 26 heavy (non-hydrogen) atoms. The van der Waals surface area contributed by atoms with Crippen molar-refractivity contribution in [2.75, 3.05) is 18.0 Å². The summed E-state index contributed by atoms with van der Waals surface area (Å²) in [6.45, 7) is 8.19. The first-order valence-electron chi connectivity index (χ1n) is 8.76. The Morgan fingerprint density at radius 1 is 1.04 bits per heavy atom. The molecule has 0 aromatic heterocycles. The van der Waals surface area contributed by atoms with E-state index < -0.39 is 0 Å². The molecule has 5 heteroatoms. The molecule has 0 unspecified atom stereocenters. The number of hydrogen-bond acceptors (Lipinski definition) is 3. The van der Waals surface area contributed by atoms with Gasteiger partial charge < -0.3 is 15.0 Å². The summed E-state index contributed by atoms with van der Waals surface area (Å²) in [7, 11) is 0. The second-order valence-corrected chi connectivity index (χ2v) is 6.45. The minimum Gasteiger partial charge on any atom is -0.491 e. The normalized spacial score (nSPS) is 10.5. The van der Waals surface area contributed by atoms with Gasteiger partial charge >= 0.3 is 0 Å². The zero-order valence-corrected chi connectivity index (χ0v) is 15.8. The van der Waals surface area contributed by atoms with Gasteiger partial charge in [-0.05, 0) is 57.2 Å². The first kappa shape index (κ1) is 19.5. The van der Waals surface area contributed by atoms with Crippen molar-refractivity contribution < 1.29 is 14.3 Å². The summed E-state index contributed by atoms with van der Waals surface area (Å²) in [6, 6.07) is 14.8. The second kappa shape index (κ2) is 9.04. The highest BCUT2D eigenvalue weighted by molar-refractivity contribution is 5.94. The van der Waals surface area contributed by atoms with Crippen LogP contribution in [0.15, 0.2) is 48.5 Å². The Morgan fingerprint density at radius 3 is 2.19 bits per heavy atom. The fourth-order valence-electron chi connectivity index (χ4n) is 2.53. The summed E-state index contributed by atoms with van der Waals surface area (Å²) < 4.78 is 5.62. The van der Waals surface area contributed by atoms with Crippen LogP contribution in [0.3, 0.4) is 0 Å². The fraction of sp³-hybridized carbons (Fsp3) is 0.333. The van der Waals surface area contributed by atoms with Gasteiger partial charge in [0.15, 0.2) is 0 Å². The summed E-state index contributed by atoms with van der Waals surface area (Å²) >= 11 is 0. The minimum atomic E-state index is -0.144. The molecule has 0 bridgehead atoms. The summed E-state index contributed by atoms with van der Waals surface area (Å²) in [5.41, 5.74) is 2.49. The number of carbonyl (C=O) groups is 2. The lowest BCUT2D eigenvalue weighted by Gasteiger charge is -2.22. The zero-order chi connectivity index (χ0) is 19.1. The molecular weight excluding hydrogens is 328 g/mol. The van der Waals surface area contributed by atoms with Crippen LogP contribution in [0.4, 0.5) is 5.69 Å². The monoisotopic (exact) mass is 354 g/mol. The molecule has 0 atom stereocenters. The molecular formula is C21H26N2O3.